The summed E-state index contributed by atoms with van der Waals surface area (Å²) < 4.78 is 5.07. The second-order valence-corrected chi connectivity index (χ2v) is 3.97. The van der Waals surface area contributed by atoms with Crippen LogP contribution >= 0.6 is 15.9 Å². The third-order valence-electron chi connectivity index (χ3n) is 1.77. The van der Waals surface area contributed by atoms with Crippen LogP contribution in [0.1, 0.15) is 19.6 Å². The summed E-state index contributed by atoms with van der Waals surface area (Å²) in [5.74, 6) is 0.417. The van der Waals surface area contributed by atoms with Crippen molar-refractivity contribution in [2.45, 2.75) is 19.3 Å². The molecule has 0 N–H and O–H groups in total. The zero-order chi connectivity index (χ0) is 10.1. The molecule has 0 amide bonds. The van der Waals surface area contributed by atoms with Crippen LogP contribution in [0.25, 0.3) is 0 Å². The molecular weight excluding hydrogens is 238 g/mol. The highest BCUT2D eigenvalue weighted by Crippen LogP contribution is 2.29. The maximum atomic E-state index is 10.3. The molecule has 4 nitrogen and oxygen atoms in total. The number of alkyl halides is 1. The Kier molecular flexibility index (Phi) is 2.75. The minimum atomic E-state index is -0.534. The minimum absolute atomic E-state index is 0.205. The molecule has 1 aromatic rings. The summed E-state index contributed by atoms with van der Waals surface area (Å²) in [5.41, 5.74) is -0.214. The number of halogens is 1. The van der Waals surface area contributed by atoms with Gasteiger partial charge in [0.25, 0.3) is 0 Å². The van der Waals surface area contributed by atoms with Gasteiger partial charge in [0.2, 0.25) is 0 Å². The number of hydrogen-bond acceptors (Lipinski definition) is 3. The summed E-state index contributed by atoms with van der Waals surface area (Å²) in [7, 11) is 0. The SMILES string of the molecule is CC(C)(CBr)c1ccc([N+](=O)[O-])o1. The van der Waals surface area contributed by atoms with Gasteiger partial charge in [0.1, 0.15) is 10.7 Å². The predicted octanol–water partition coefficient (Wildman–Crippen LogP) is 2.86. The van der Waals surface area contributed by atoms with Crippen LogP contribution in [0.5, 0.6) is 0 Å². The van der Waals surface area contributed by atoms with Crippen molar-refractivity contribution >= 4 is 21.8 Å². The molecule has 0 saturated heterocycles. The molecule has 1 heterocycles. The molecule has 5 heteroatoms. The first-order valence-electron chi connectivity index (χ1n) is 3.78. The van der Waals surface area contributed by atoms with E-state index in [9.17, 15) is 10.1 Å². The fourth-order valence-corrected chi connectivity index (χ4v) is 1.13. The molecule has 0 bridgehead atoms. The van der Waals surface area contributed by atoms with E-state index in [0.29, 0.717) is 11.1 Å². The quantitative estimate of drug-likeness (QED) is 0.469. The lowest BCUT2D eigenvalue weighted by atomic mass is 9.93. The van der Waals surface area contributed by atoms with Crippen LogP contribution < -0.4 is 0 Å². The Balaban J connectivity index is 2.98. The number of hydrogen-bond donors (Lipinski definition) is 0. The van der Waals surface area contributed by atoms with Crippen molar-refractivity contribution in [3.63, 3.8) is 0 Å². The average molecular weight is 248 g/mol. The van der Waals surface area contributed by atoms with Crippen LogP contribution in [-0.4, -0.2) is 10.3 Å². The van der Waals surface area contributed by atoms with E-state index in [2.05, 4.69) is 15.9 Å². The Morgan fingerprint density at radius 1 is 1.62 bits per heavy atom. The first kappa shape index (κ1) is 10.2. The second-order valence-electron chi connectivity index (χ2n) is 3.41. The molecule has 72 valence electrons. The van der Waals surface area contributed by atoms with Gasteiger partial charge in [0.15, 0.2) is 0 Å². The van der Waals surface area contributed by atoms with Crippen molar-refractivity contribution < 1.29 is 9.34 Å². The van der Waals surface area contributed by atoms with Gasteiger partial charge in [-0.2, -0.15) is 0 Å². The van der Waals surface area contributed by atoms with Gasteiger partial charge < -0.3 is 4.42 Å². The van der Waals surface area contributed by atoms with Crippen molar-refractivity contribution in [1.29, 1.82) is 0 Å². The molecule has 0 saturated carbocycles. The summed E-state index contributed by atoms with van der Waals surface area (Å²) in [6.07, 6.45) is 0. The summed E-state index contributed by atoms with van der Waals surface area (Å²) >= 11 is 3.32. The van der Waals surface area contributed by atoms with Crippen molar-refractivity contribution in [3.05, 3.63) is 28.0 Å². The van der Waals surface area contributed by atoms with Crippen LogP contribution in [0.15, 0.2) is 16.5 Å². The predicted molar refractivity (Wildman–Crippen MR) is 52.2 cm³/mol. The normalized spacial score (nSPS) is 11.6. The standard InChI is InChI=1S/C8H10BrNO3/c1-8(2,5-9)6-3-4-7(13-6)10(11)12/h3-4H,5H2,1-2H3. The lowest BCUT2D eigenvalue weighted by Crippen LogP contribution is -2.17. The lowest BCUT2D eigenvalue weighted by molar-refractivity contribution is -0.402. The smallest absolute Gasteiger partial charge is 0.405 e. The van der Waals surface area contributed by atoms with E-state index in [1.807, 2.05) is 13.8 Å². The third-order valence-corrected chi connectivity index (χ3v) is 3.17. The molecule has 0 fully saturated rings. The molecule has 0 radical (unpaired) electrons. The Morgan fingerprint density at radius 2 is 2.23 bits per heavy atom. The Labute approximate surface area is 84.2 Å². The lowest BCUT2D eigenvalue weighted by Gasteiger charge is -2.17. The number of rotatable bonds is 3. The zero-order valence-corrected chi connectivity index (χ0v) is 9.00. The molecule has 0 aliphatic rings. The van der Waals surface area contributed by atoms with Crippen LogP contribution in [0.2, 0.25) is 0 Å². The molecule has 0 aliphatic carbocycles. The van der Waals surface area contributed by atoms with Crippen LogP contribution in [0.4, 0.5) is 5.88 Å². The topological polar surface area (TPSA) is 56.3 Å². The molecule has 0 spiro atoms. The van der Waals surface area contributed by atoms with Gasteiger partial charge in [-0.05, 0) is 6.07 Å². The highest BCUT2D eigenvalue weighted by Gasteiger charge is 2.25. The van der Waals surface area contributed by atoms with Crippen LogP contribution in [0, 0.1) is 10.1 Å². The van der Waals surface area contributed by atoms with Gasteiger partial charge in [0, 0.05) is 10.7 Å². The first-order valence-corrected chi connectivity index (χ1v) is 4.90. The number of nitrogens with zero attached hydrogens (tertiary/aromatic N) is 1. The van der Waals surface area contributed by atoms with E-state index in [1.54, 1.807) is 6.07 Å². The average Bonchev–Trinajstić information content (AvgIpc) is 2.52. The van der Waals surface area contributed by atoms with E-state index in [1.165, 1.54) is 6.07 Å². The first-order chi connectivity index (χ1) is 5.97. The van der Waals surface area contributed by atoms with E-state index < -0.39 is 4.92 Å². The maximum absolute atomic E-state index is 10.3. The molecule has 0 atom stereocenters. The van der Waals surface area contributed by atoms with Crippen molar-refractivity contribution in [1.82, 2.24) is 0 Å². The molecule has 1 aromatic heterocycles. The van der Waals surface area contributed by atoms with Crippen molar-refractivity contribution in [2.24, 2.45) is 0 Å². The summed E-state index contributed by atoms with van der Waals surface area (Å²) in [6, 6.07) is 3.01. The van der Waals surface area contributed by atoms with Crippen molar-refractivity contribution in [2.75, 3.05) is 5.33 Å². The third kappa shape index (κ3) is 2.09. The fourth-order valence-electron chi connectivity index (χ4n) is 0.855. The summed E-state index contributed by atoms with van der Waals surface area (Å²) in [4.78, 5) is 9.80. The van der Waals surface area contributed by atoms with Gasteiger partial charge in [-0.3, -0.25) is 10.1 Å². The molecule has 0 aromatic carbocycles. The number of nitro groups is 1. The highest BCUT2D eigenvalue weighted by molar-refractivity contribution is 9.09. The van der Waals surface area contributed by atoms with E-state index in [4.69, 9.17) is 4.42 Å². The highest BCUT2D eigenvalue weighted by atomic mass is 79.9. The zero-order valence-electron chi connectivity index (χ0n) is 7.41. The molecule has 0 aliphatic heterocycles. The van der Waals surface area contributed by atoms with Gasteiger partial charge >= 0.3 is 5.88 Å². The minimum Gasteiger partial charge on any atom is -0.405 e. The number of furan rings is 1. The Morgan fingerprint density at radius 3 is 2.62 bits per heavy atom. The Bertz CT molecular complexity index is 319. The van der Waals surface area contributed by atoms with E-state index in [-0.39, 0.29) is 11.3 Å². The van der Waals surface area contributed by atoms with Gasteiger partial charge in [-0.15, -0.1) is 0 Å². The maximum Gasteiger partial charge on any atom is 0.433 e. The van der Waals surface area contributed by atoms with Crippen LogP contribution in [0.3, 0.4) is 0 Å². The largest absolute Gasteiger partial charge is 0.433 e. The van der Waals surface area contributed by atoms with Crippen LogP contribution in [-0.2, 0) is 5.41 Å². The molecule has 0 unspecified atom stereocenters. The van der Waals surface area contributed by atoms with Crippen molar-refractivity contribution in [3.8, 4) is 0 Å². The second kappa shape index (κ2) is 3.49. The molecule has 13 heavy (non-hydrogen) atoms. The molecular formula is C8H10BrNO3. The molecule has 1 rings (SSSR count). The summed E-state index contributed by atoms with van der Waals surface area (Å²) in [5, 5.41) is 11.0. The van der Waals surface area contributed by atoms with E-state index >= 15 is 0 Å². The fraction of sp³-hybridized carbons (Fsp3) is 0.500. The monoisotopic (exact) mass is 247 g/mol. The van der Waals surface area contributed by atoms with Gasteiger partial charge in [-0.1, -0.05) is 29.8 Å². The van der Waals surface area contributed by atoms with E-state index in [0.717, 1.165) is 0 Å². The Hall–Kier alpha value is -0.840. The summed E-state index contributed by atoms with van der Waals surface area (Å²) in [6.45, 7) is 3.90. The van der Waals surface area contributed by atoms with Gasteiger partial charge in [-0.25, -0.2) is 0 Å². The van der Waals surface area contributed by atoms with Gasteiger partial charge in [0.05, 0.1) is 6.07 Å².